The van der Waals surface area contributed by atoms with E-state index in [1.54, 1.807) is 38.4 Å². The van der Waals surface area contributed by atoms with Crippen LogP contribution >= 0.6 is 0 Å². The number of ether oxygens (including phenoxy) is 3. The van der Waals surface area contributed by atoms with Crippen LogP contribution in [0.3, 0.4) is 0 Å². The molecule has 0 aliphatic heterocycles. The zero-order valence-electron chi connectivity index (χ0n) is 19.1. The number of hydrogen-bond acceptors (Lipinski definition) is 5. The van der Waals surface area contributed by atoms with Crippen LogP contribution in [-0.2, 0) is 11.4 Å². The Morgan fingerprint density at radius 2 is 1.71 bits per heavy atom. The number of rotatable bonds is 9. The molecule has 4 aromatic rings. The number of carbonyl (C=O) groups is 1. The Labute approximate surface area is 198 Å². The number of methoxy groups -OCH3 is 1. The van der Waals surface area contributed by atoms with Crippen molar-refractivity contribution in [1.82, 2.24) is 5.43 Å². The van der Waals surface area contributed by atoms with Gasteiger partial charge in [0.15, 0.2) is 17.6 Å². The number of hydrazone groups is 1. The predicted molar refractivity (Wildman–Crippen MR) is 134 cm³/mol. The highest BCUT2D eigenvalue weighted by atomic mass is 16.5. The number of fused-ring (bicyclic) bond motifs is 1. The first kappa shape index (κ1) is 22.9. The first-order chi connectivity index (χ1) is 16.6. The lowest BCUT2D eigenvalue weighted by Gasteiger charge is -2.13. The number of amides is 1. The van der Waals surface area contributed by atoms with Crippen LogP contribution in [-0.4, -0.2) is 25.3 Å². The lowest BCUT2D eigenvalue weighted by Crippen LogP contribution is -2.33. The van der Waals surface area contributed by atoms with E-state index in [1.165, 1.54) is 5.39 Å². The minimum Gasteiger partial charge on any atom is -0.493 e. The maximum absolute atomic E-state index is 12.2. The molecule has 1 amide bonds. The second-order valence-corrected chi connectivity index (χ2v) is 7.64. The minimum absolute atomic E-state index is 0.345. The lowest BCUT2D eigenvalue weighted by molar-refractivity contribution is -0.127. The Morgan fingerprint density at radius 3 is 2.53 bits per heavy atom. The van der Waals surface area contributed by atoms with Gasteiger partial charge in [-0.15, -0.1) is 0 Å². The van der Waals surface area contributed by atoms with Gasteiger partial charge in [0, 0.05) is 0 Å². The molecule has 0 heterocycles. The van der Waals surface area contributed by atoms with Crippen molar-refractivity contribution < 1.29 is 19.0 Å². The van der Waals surface area contributed by atoms with Crippen molar-refractivity contribution in [1.29, 1.82) is 0 Å². The summed E-state index contributed by atoms with van der Waals surface area (Å²) in [6.45, 7) is 2.09. The zero-order valence-corrected chi connectivity index (χ0v) is 19.1. The van der Waals surface area contributed by atoms with Gasteiger partial charge in [-0.2, -0.15) is 5.10 Å². The molecular weight excluding hydrogens is 428 g/mol. The van der Waals surface area contributed by atoms with E-state index < -0.39 is 6.10 Å². The maximum atomic E-state index is 12.2. The molecule has 1 atom stereocenters. The summed E-state index contributed by atoms with van der Waals surface area (Å²) in [4.78, 5) is 12.2. The summed E-state index contributed by atoms with van der Waals surface area (Å²) < 4.78 is 17.2. The lowest BCUT2D eigenvalue weighted by atomic mass is 10.1. The summed E-state index contributed by atoms with van der Waals surface area (Å²) in [5, 5.41) is 6.37. The molecule has 172 valence electrons. The average Bonchev–Trinajstić information content (AvgIpc) is 2.88. The van der Waals surface area contributed by atoms with Gasteiger partial charge in [-0.05, 0) is 59.2 Å². The fourth-order valence-corrected chi connectivity index (χ4v) is 3.48. The molecule has 0 radical (unpaired) electrons. The van der Waals surface area contributed by atoms with E-state index >= 15 is 0 Å². The van der Waals surface area contributed by atoms with E-state index in [0.29, 0.717) is 23.9 Å². The Morgan fingerprint density at radius 1 is 0.941 bits per heavy atom. The van der Waals surface area contributed by atoms with E-state index in [4.69, 9.17) is 14.2 Å². The first-order valence-electron chi connectivity index (χ1n) is 11.0. The first-order valence-corrected chi connectivity index (χ1v) is 11.0. The van der Waals surface area contributed by atoms with Crippen LogP contribution < -0.4 is 19.6 Å². The van der Waals surface area contributed by atoms with E-state index in [-0.39, 0.29) is 5.91 Å². The molecule has 6 heteroatoms. The molecule has 0 spiro atoms. The minimum atomic E-state index is -0.682. The van der Waals surface area contributed by atoms with Crippen LogP contribution in [0.4, 0.5) is 0 Å². The van der Waals surface area contributed by atoms with Crippen LogP contribution in [0, 0.1) is 0 Å². The van der Waals surface area contributed by atoms with E-state index in [2.05, 4.69) is 34.8 Å². The summed E-state index contributed by atoms with van der Waals surface area (Å²) >= 11 is 0. The molecule has 4 rings (SSSR count). The molecule has 34 heavy (non-hydrogen) atoms. The monoisotopic (exact) mass is 454 g/mol. The number of para-hydroxylation sites is 1. The average molecular weight is 455 g/mol. The smallest absolute Gasteiger partial charge is 0.280 e. The third-order valence-corrected chi connectivity index (χ3v) is 5.26. The van der Waals surface area contributed by atoms with Crippen molar-refractivity contribution in [2.24, 2.45) is 5.10 Å². The van der Waals surface area contributed by atoms with Crippen LogP contribution in [0.25, 0.3) is 10.8 Å². The molecule has 1 N–H and O–H groups in total. The highest BCUT2D eigenvalue weighted by Gasteiger charge is 2.13. The second-order valence-electron chi connectivity index (χ2n) is 7.64. The molecule has 0 aliphatic rings. The maximum Gasteiger partial charge on any atom is 0.280 e. The SMILES string of the molecule is COc1cc(/C=N/NC(=O)[C@H](C)Oc2ccccc2)ccc1OCc1cccc2ccccc12. The van der Waals surface area contributed by atoms with Crippen LogP contribution in [0.15, 0.2) is 96.1 Å². The summed E-state index contributed by atoms with van der Waals surface area (Å²) in [6, 6.07) is 29.0. The molecule has 0 bridgehead atoms. The topological polar surface area (TPSA) is 69.2 Å². The van der Waals surface area contributed by atoms with Gasteiger partial charge in [0.1, 0.15) is 12.4 Å². The van der Waals surface area contributed by atoms with Gasteiger partial charge in [0.2, 0.25) is 0 Å². The number of nitrogens with one attached hydrogen (secondary N) is 1. The third-order valence-electron chi connectivity index (χ3n) is 5.26. The Bertz CT molecular complexity index is 1280. The van der Waals surface area contributed by atoms with Crippen molar-refractivity contribution in [3.05, 3.63) is 102 Å². The molecular formula is C28H26N2O4. The molecule has 0 unspecified atom stereocenters. The van der Waals surface area contributed by atoms with E-state index in [0.717, 1.165) is 16.5 Å². The highest BCUT2D eigenvalue weighted by Crippen LogP contribution is 2.29. The second kappa shape index (κ2) is 11.0. The van der Waals surface area contributed by atoms with Gasteiger partial charge in [0.25, 0.3) is 5.91 Å². The number of benzene rings is 4. The van der Waals surface area contributed by atoms with E-state index in [9.17, 15) is 4.79 Å². The fraction of sp³-hybridized carbons (Fsp3) is 0.143. The fourth-order valence-electron chi connectivity index (χ4n) is 3.48. The van der Waals surface area contributed by atoms with Gasteiger partial charge in [-0.25, -0.2) is 5.43 Å². The molecule has 6 nitrogen and oxygen atoms in total. The van der Waals surface area contributed by atoms with Gasteiger partial charge < -0.3 is 14.2 Å². The Kier molecular flexibility index (Phi) is 7.40. The quantitative estimate of drug-likeness (QED) is 0.274. The van der Waals surface area contributed by atoms with Crippen molar-refractivity contribution in [3.8, 4) is 17.2 Å². The van der Waals surface area contributed by atoms with E-state index in [1.807, 2.05) is 48.5 Å². The van der Waals surface area contributed by atoms with Gasteiger partial charge in [-0.3, -0.25) is 4.79 Å². The van der Waals surface area contributed by atoms with Gasteiger partial charge in [-0.1, -0.05) is 60.7 Å². The number of carbonyl (C=O) groups excluding carboxylic acids is 1. The van der Waals surface area contributed by atoms with Crippen LogP contribution in [0.1, 0.15) is 18.1 Å². The Balaban J connectivity index is 1.37. The molecule has 0 saturated heterocycles. The van der Waals surface area contributed by atoms with Gasteiger partial charge in [0.05, 0.1) is 13.3 Å². The van der Waals surface area contributed by atoms with Crippen molar-refractivity contribution >= 4 is 22.9 Å². The number of hydrogen-bond donors (Lipinski definition) is 1. The third kappa shape index (κ3) is 5.72. The van der Waals surface area contributed by atoms with Crippen LogP contribution in [0.2, 0.25) is 0 Å². The molecule has 0 saturated carbocycles. The summed E-state index contributed by atoms with van der Waals surface area (Å²) in [6.07, 6.45) is 0.864. The van der Waals surface area contributed by atoms with Crippen molar-refractivity contribution in [2.45, 2.75) is 19.6 Å². The summed E-state index contributed by atoms with van der Waals surface area (Å²) in [7, 11) is 1.59. The van der Waals surface area contributed by atoms with Crippen LogP contribution in [0.5, 0.6) is 17.2 Å². The molecule has 4 aromatic carbocycles. The number of nitrogens with zero attached hydrogens (tertiary/aromatic N) is 1. The standard InChI is InChI=1S/C28H26N2O4/c1-20(34-24-12-4-3-5-13-24)28(31)30-29-18-21-15-16-26(27(17-21)32-2)33-19-23-11-8-10-22-9-6-7-14-25(22)23/h3-18,20H,19H2,1-2H3,(H,30,31)/b29-18+/t20-/m0/s1. The van der Waals surface area contributed by atoms with Crippen molar-refractivity contribution in [2.75, 3.05) is 7.11 Å². The Hall–Kier alpha value is -4.32. The normalized spacial score (nSPS) is 11.8. The zero-order chi connectivity index (χ0) is 23.8. The summed E-state index contributed by atoms with van der Waals surface area (Å²) in [5.41, 5.74) is 4.35. The molecule has 0 aliphatic carbocycles. The molecule has 0 fully saturated rings. The molecule has 0 aromatic heterocycles. The van der Waals surface area contributed by atoms with Gasteiger partial charge >= 0.3 is 0 Å². The predicted octanol–water partition coefficient (Wildman–Crippen LogP) is 5.35. The largest absolute Gasteiger partial charge is 0.493 e. The van der Waals surface area contributed by atoms with Crippen molar-refractivity contribution in [3.63, 3.8) is 0 Å². The highest BCUT2D eigenvalue weighted by molar-refractivity contribution is 5.86. The summed E-state index contributed by atoms with van der Waals surface area (Å²) in [5.74, 6) is 1.48.